The molecule has 0 atom stereocenters. The first kappa shape index (κ1) is 14.8. The number of aromatic nitrogens is 4. The molecule has 7 heteroatoms. The lowest BCUT2D eigenvalue weighted by atomic mass is 10.2. The fourth-order valence-corrected chi connectivity index (χ4v) is 2.51. The highest BCUT2D eigenvalue weighted by Crippen LogP contribution is 2.21. The highest BCUT2D eigenvalue weighted by Gasteiger charge is 2.14. The van der Waals surface area contributed by atoms with E-state index in [2.05, 4.69) is 25.5 Å². The van der Waals surface area contributed by atoms with Crippen molar-refractivity contribution in [1.82, 2.24) is 20.2 Å². The minimum Gasteiger partial charge on any atom is -0.508 e. The second-order valence-electron chi connectivity index (χ2n) is 5.42. The number of H-pyrrole nitrogens is 1. The van der Waals surface area contributed by atoms with Gasteiger partial charge in [0.05, 0.1) is 23.6 Å². The summed E-state index contributed by atoms with van der Waals surface area (Å²) in [5.41, 5.74) is 2.26. The van der Waals surface area contributed by atoms with E-state index >= 15 is 0 Å². The molecule has 122 valence electrons. The number of hydrogen-bond acceptors (Lipinski definition) is 5. The average molecular weight is 331 g/mol. The number of phenolic OH excluding ortho intramolecular Hbond substituents is 1. The van der Waals surface area contributed by atoms with Gasteiger partial charge in [0.2, 0.25) is 0 Å². The van der Waals surface area contributed by atoms with Gasteiger partial charge in [-0.25, -0.2) is 9.97 Å². The van der Waals surface area contributed by atoms with Crippen molar-refractivity contribution >= 4 is 22.5 Å². The Morgan fingerprint density at radius 1 is 1.04 bits per heavy atom. The molecular weight excluding hydrogens is 318 g/mol. The minimum atomic E-state index is -0.342. The van der Waals surface area contributed by atoms with Crippen molar-refractivity contribution in [1.29, 1.82) is 0 Å². The van der Waals surface area contributed by atoms with Crippen molar-refractivity contribution in [3.05, 3.63) is 66.6 Å². The first-order valence-electron chi connectivity index (χ1n) is 7.56. The van der Waals surface area contributed by atoms with Crippen molar-refractivity contribution in [2.45, 2.75) is 0 Å². The first-order chi connectivity index (χ1) is 12.2. The maximum atomic E-state index is 12.4. The smallest absolute Gasteiger partial charge is 0.276 e. The van der Waals surface area contributed by atoms with Gasteiger partial charge < -0.3 is 10.4 Å². The summed E-state index contributed by atoms with van der Waals surface area (Å²) in [7, 11) is 0. The number of carbonyl (C=O) groups is 1. The van der Waals surface area contributed by atoms with Gasteiger partial charge in [-0.3, -0.25) is 9.89 Å². The molecule has 4 aromatic rings. The Morgan fingerprint density at radius 3 is 2.64 bits per heavy atom. The number of fused-ring (bicyclic) bond motifs is 1. The number of carbonyl (C=O) groups excluding carboxylic acids is 1. The van der Waals surface area contributed by atoms with E-state index in [-0.39, 0.29) is 11.7 Å². The zero-order valence-electron chi connectivity index (χ0n) is 13.0. The Hall–Kier alpha value is -3.74. The second kappa shape index (κ2) is 6.04. The van der Waals surface area contributed by atoms with E-state index in [1.165, 1.54) is 12.4 Å². The predicted molar refractivity (Wildman–Crippen MR) is 93.2 cm³/mol. The molecule has 25 heavy (non-hydrogen) atoms. The highest BCUT2D eigenvalue weighted by molar-refractivity contribution is 6.10. The molecular formula is C18H13N5O2. The summed E-state index contributed by atoms with van der Waals surface area (Å²) >= 11 is 0. The molecule has 0 saturated carbocycles. The summed E-state index contributed by atoms with van der Waals surface area (Å²) in [6.07, 6.45) is 3.03. The van der Waals surface area contributed by atoms with Crippen LogP contribution in [0.1, 0.15) is 10.5 Å². The van der Waals surface area contributed by atoms with Crippen LogP contribution in [-0.4, -0.2) is 31.2 Å². The Balaban J connectivity index is 1.56. The third kappa shape index (κ3) is 2.90. The summed E-state index contributed by atoms with van der Waals surface area (Å²) in [6.45, 7) is 0. The fraction of sp³-hybridized carbons (Fsp3) is 0. The van der Waals surface area contributed by atoms with Gasteiger partial charge in [0.15, 0.2) is 11.5 Å². The average Bonchev–Trinajstić information content (AvgIpc) is 3.06. The van der Waals surface area contributed by atoms with Crippen LogP contribution in [0.2, 0.25) is 0 Å². The molecule has 0 bridgehead atoms. The van der Waals surface area contributed by atoms with E-state index < -0.39 is 0 Å². The number of aromatic hydroxyl groups is 1. The van der Waals surface area contributed by atoms with Gasteiger partial charge in [0, 0.05) is 10.9 Å². The Labute approximate surface area is 142 Å². The summed E-state index contributed by atoms with van der Waals surface area (Å²) in [4.78, 5) is 20.8. The monoisotopic (exact) mass is 331 g/mol. The second-order valence-corrected chi connectivity index (χ2v) is 5.42. The van der Waals surface area contributed by atoms with Gasteiger partial charge in [0.1, 0.15) is 5.75 Å². The van der Waals surface area contributed by atoms with E-state index in [0.717, 1.165) is 10.9 Å². The van der Waals surface area contributed by atoms with E-state index in [1.54, 1.807) is 24.3 Å². The van der Waals surface area contributed by atoms with Crippen molar-refractivity contribution in [2.75, 3.05) is 5.32 Å². The van der Waals surface area contributed by atoms with Crippen molar-refractivity contribution in [2.24, 2.45) is 0 Å². The SMILES string of the molecule is O=C(Nc1cnc(-c2cccc(O)c2)nc1)c1n[nH]c2ccccc12. The van der Waals surface area contributed by atoms with Crippen LogP contribution >= 0.6 is 0 Å². The normalized spacial score (nSPS) is 10.7. The van der Waals surface area contributed by atoms with Crippen molar-refractivity contribution in [3.8, 4) is 17.1 Å². The van der Waals surface area contributed by atoms with Crippen LogP contribution in [0.5, 0.6) is 5.75 Å². The summed E-state index contributed by atoms with van der Waals surface area (Å²) in [5.74, 6) is 0.258. The number of rotatable bonds is 3. The van der Waals surface area contributed by atoms with Gasteiger partial charge in [-0.1, -0.05) is 30.3 Å². The van der Waals surface area contributed by atoms with Crippen LogP contribution in [0.3, 0.4) is 0 Å². The first-order valence-corrected chi connectivity index (χ1v) is 7.56. The summed E-state index contributed by atoms with van der Waals surface area (Å²) in [6, 6.07) is 14.1. The molecule has 1 amide bonds. The van der Waals surface area contributed by atoms with Gasteiger partial charge in [-0.2, -0.15) is 5.10 Å². The van der Waals surface area contributed by atoms with E-state index in [9.17, 15) is 9.90 Å². The standard InChI is InChI=1S/C18H13N5O2/c24-13-5-3-4-11(8-13)17-19-9-12(10-20-17)21-18(25)16-14-6-1-2-7-15(14)22-23-16/h1-10,24H,(H,21,25)(H,22,23). The van der Waals surface area contributed by atoms with Crippen molar-refractivity contribution in [3.63, 3.8) is 0 Å². The highest BCUT2D eigenvalue weighted by atomic mass is 16.3. The Kier molecular flexibility index (Phi) is 3.59. The molecule has 7 nitrogen and oxygen atoms in total. The molecule has 0 radical (unpaired) electrons. The summed E-state index contributed by atoms with van der Waals surface area (Å²) < 4.78 is 0. The van der Waals surface area contributed by atoms with Gasteiger partial charge >= 0.3 is 0 Å². The van der Waals surface area contributed by atoms with E-state index in [1.807, 2.05) is 24.3 Å². The number of nitrogens with zero attached hydrogens (tertiary/aromatic N) is 3. The molecule has 0 aliphatic carbocycles. The fourth-order valence-electron chi connectivity index (χ4n) is 2.51. The minimum absolute atomic E-state index is 0.142. The zero-order chi connectivity index (χ0) is 17.2. The quantitative estimate of drug-likeness (QED) is 0.535. The number of hydrogen-bond donors (Lipinski definition) is 3. The molecule has 0 spiro atoms. The van der Waals surface area contributed by atoms with Crippen molar-refractivity contribution < 1.29 is 9.90 Å². The molecule has 0 aliphatic rings. The van der Waals surface area contributed by atoms with Gasteiger partial charge in [-0.05, 0) is 18.2 Å². The van der Waals surface area contributed by atoms with Crippen LogP contribution in [-0.2, 0) is 0 Å². The lowest BCUT2D eigenvalue weighted by molar-refractivity contribution is 0.102. The summed E-state index contributed by atoms with van der Waals surface area (Å²) in [5, 5.41) is 19.9. The van der Waals surface area contributed by atoms with E-state index in [0.29, 0.717) is 22.8 Å². The molecule has 0 aliphatic heterocycles. The molecule has 2 heterocycles. The topological polar surface area (TPSA) is 104 Å². The lowest BCUT2D eigenvalue weighted by Gasteiger charge is -2.05. The molecule has 2 aromatic carbocycles. The Bertz CT molecular complexity index is 1060. The third-order valence-electron chi connectivity index (χ3n) is 3.70. The third-order valence-corrected chi connectivity index (χ3v) is 3.70. The van der Waals surface area contributed by atoms with Crippen LogP contribution < -0.4 is 5.32 Å². The Morgan fingerprint density at radius 2 is 1.84 bits per heavy atom. The molecule has 0 saturated heterocycles. The number of anilines is 1. The largest absolute Gasteiger partial charge is 0.508 e. The van der Waals surface area contributed by atoms with Crippen LogP contribution in [0.4, 0.5) is 5.69 Å². The molecule has 4 rings (SSSR count). The zero-order valence-corrected chi connectivity index (χ0v) is 13.0. The predicted octanol–water partition coefficient (Wildman–Crippen LogP) is 2.98. The molecule has 0 fully saturated rings. The molecule has 0 unspecified atom stereocenters. The number of para-hydroxylation sites is 1. The van der Waals surface area contributed by atoms with Gasteiger partial charge in [-0.15, -0.1) is 0 Å². The van der Waals surface area contributed by atoms with Crippen LogP contribution in [0.15, 0.2) is 60.9 Å². The molecule has 3 N–H and O–H groups in total. The maximum absolute atomic E-state index is 12.4. The number of phenols is 1. The lowest BCUT2D eigenvalue weighted by Crippen LogP contribution is -2.13. The molecule has 2 aromatic heterocycles. The number of aromatic amines is 1. The van der Waals surface area contributed by atoms with Gasteiger partial charge in [0.25, 0.3) is 5.91 Å². The van der Waals surface area contributed by atoms with Crippen LogP contribution in [0, 0.1) is 0 Å². The van der Waals surface area contributed by atoms with Crippen LogP contribution in [0.25, 0.3) is 22.3 Å². The number of nitrogens with one attached hydrogen (secondary N) is 2. The maximum Gasteiger partial charge on any atom is 0.276 e. The number of benzene rings is 2. The van der Waals surface area contributed by atoms with E-state index in [4.69, 9.17) is 0 Å². The number of amides is 1.